The van der Waals surface area contributed by atoms with Crippen LogP contribution in [0.2, 0.25) is 0 Å². The van der Waals surface area contributed by atoms with E-state index < -0.39 is 0 Å². The van der Waals surface area contributed by atoms with Crippen LogP contribution in [0.25, 0.3) is 0 Å². The number of para-hydroxylation sites is 1. The van der Waals surface area contributed by atoms with E-state index in [0.717, 1.165) is 54.1 Å². The fraction of sp³-hybridized carbons (Fsp3) is 0.381. The van der Waals surface area contributed by atoms with Crippen molar-refractivity contribution in [2.75, 3.05) is 24.9 Å². The minimum Gasteiger partial charge on any atom is -0.497 e. The van der Waals surface area contributed by atoms with Crippen LogP contribution in [-0.2, 0) is 10.2 Å². The highest BCUT2D eigenvalue weighted by molar-refractivity contribution is 6.06. The summed E-state index contributed by atoms with van der Waals surface area (Å²) in [5, 5.41) is 6.64. The van der Waals surface area contributed by atoms with Crippen molar-refractivity contribution >= 4 is 17.3 Å². The van der Waals surface area contributed by atoms with Crippen molar-refractivity contribution < 1.29 is 14.3 Å². The Morgan fingerprint density at radius 1 is 1.04 bits per heavy atom. The van der Waals surface area contributed by atoms with Gasteiger partial charge in [0.1, 0.15) is 11.5 Å². The molecule has 1 aliphatic carbocycles. The third kappa shape index (κ3) is 2.77. The molecule has 0 bridgehead atoms. The molecular formula is C21H24N2O3. The normalized spacial score (nSPS) is 24.1. The molecule has 136 valence electrons. The van der Waals surface area contributed by atoms with Crippen LogP contribution < -0.4 is 20.1 Å². The SMILES string of the molecule is COc1cc(NC2CCC3(CC2)C(=O)Nc2ccccc23)cc(OC)c1. The highest BCUT2D eigenvalue weighted by Crippen LogP contribution is 2.47. The number of hydrogen-bond donors (Lipinski definition) is 2. The Morgan fingerprint density at radius 3 is 2.35 bits per heavy atom. The Hall–Kier alpha value is -2.69. The summed E-state index contributed by atoms with van der Waals surface area (Å²) in [5.41, 5.74) is 2.76. The summed E-state index contributed by atoms with van der Waals surface area (Å²) < 4.78 is 10.7. The van der Waals surface area contributed by atoms with Gasteiger partial charge in [0.25, 0.3) is 0 Å². The van der Waals surface area contributed by atoms with E-state index >= 15 is 0 Å². The summed E-state index contributed by atoms with van der Waals surface area (Å²) >= 11 is 0. The molecule has 0 saturated heterocycles. The van der Waals surface area contributed by atoms with Crippen LogP contribution in [-0.4, -0.2) is 26.2 Å². The number of nitrogens with one attached hydrogen (secondary N) is 2. The molecule has 1 amide bonds. The highest BCUT2D eigenvalue weighted by Gasteiger charge is 2.48. The monoisotopic (exact) mass is 352 g/mol. The van der Waals surface area contributed by atoms with Gasteiger partial charge in [-0.25, -0.2) is 0 Å². The van der Waals surface area contributed by atoms with Crippen molar-refractivity contribution in [2.24, 2.45) is 0 Å². The summed E-state index contributed by atoms with van der Waals surface area (Å²) in [6, 6.07) is 14.2. The number of carbonyl (C=O) groups excluding carboxylic acids is 1. The number of ether oxygens (including phenoxy) is 2. The van der Waals surface area contributed by atoms with Gasteiger partial charge in [-0.2, -0.15) is 0 Å². The van der Waals surface area contributed by atoms with Crippen molar-refractivity contribution in [1.82, 2.24) is 0 Å². The van der Waals surface area contributed by atoms with Gasteiger partial charge in [-0.3, -0.25) is 4.79 Å². The van der Waals surface area contributed by atoms with Gasteiger partial charge in [0.2, 0.25) is 5.91 Å². The van der Waals surface area contributed by atoms with Crippen LogP contribution >= 0.6 is 0 Å². The van der Waals surface area contributed by atoms with Gasteiger partial charge in [-0.05, 0) is 37.3 Å². The lowest BCUT2D eigenvalue weighted by Gasteiger charge is -2.36. The second-order valence-corrected chi connectivity index (χ2v) is 7.10. The molecule has 2 aromatic carbocycles. The maximum Gasteiger partial charge on any atom is 0.235 e. The quantitative estimate of drug-likeness (QED) is 0.875. The number of amides is 1. The number of carbonyl (C=O) groups is 1. The van der Waals surface area contributed by atoms with Gasteiger partial charge >= 0.3 is 0 Å². The molecule has 1 saturated carbocycles. The Morgan fingerprint density at radius 2 is 1.69 bits per heavy atom. The lowest BCUT2D eigenvalue weighted by molar-refractivity contribution is -0.122. The van der Waals surface area contributed by atoms with Gasteiger partial charge in [-0.1, -0.05) is 18.2 Å². The van der Waals surface area contributed by atoms with Crippen molar-refractivity contribution in [3.63, 3.8) is 0 Å². The fourth-order valence-corrected chi connectivity index (χ4v) is 4.25. The number of methoxy groups -OCH3 is 2. The summed E-state index contributed by atoms with van der Waals surface area (Å²) in [6.45, 7) is 0. The standard InChI is InChI=1S/C21H24N2O3/c1-25-16-11-15(12-17(13-16)26-2)22-14-7-9-21(10-8-14)18-5-3-4-6-19(18)23-20(21)24/h3-6,11-14,22H,7-10H2,1-2H3,(H,23,24). The molecule has 2 N–H and O–H groups in total. The smallest absolute Gasteiger partial charge is 0.235 e. The number of benzene rings is 2. The predicted octanol–water partition coefficient (Wildman–Crippen LogP) is 3.95. The molecule has 2 aromatic rings. The van der Waals surface area contributed by atoms with Crippen LogP contribution in [0.15, 0.2) is 42.5 Å². The summed E-state index contributed by atoms with van der Waals surface area (Å²) in [7, 11) is 3.30. The molecule has 1 spiro atoms. The average Bonchev–Trinajstić information content (AvgIpc) is 2.95. The summed E-state index contributed by atoms with van der Waals surface area (Å²) in [6.07, 6.45) is 3.60. The van der Waals surface area contributed by atoms with Gasteiger partial charge in [0, 0.05) is 35.6 Å². The lowest BCUT2D eigenvalue weighted by atomic mass is 9.69. The Labute approximate surface area is 153 Å². The Bertz CT molecular complexity index is 804. The fourth-order valence-electron chi connectivity index (χ4n) is 4.25. The molecular weight excluding hydrogens is 328 g/mol. The predicted molar refractivity (Wildman–Crippen MR) is 102 cm³/mol. The van der Waals surface area contributed by atoms with E-state index in [2.05, 4.69) is 16.7 Å². The van der Waals surface area contributed by atoms with Gasteiger partial charge in [0.15, 0.2) is 0 Å². The number of fused-ring (bicyclic) bond motifs is 2. The van der Waals surface area contributed by atoms with E-state index in [0.29, 0.717) is 6.04 Å². The molecule has 4 rings (SSSR count). The molecule has 0 unspecified atom stereocenters. The van der Waals surface area contributed by atoms with E-state index in [-0.39, 0.29) is 11.3 Å². The van der Waals surface area contributed by atoms with E-state index in [1.165, 1.54) is 0 Å². The minimum atomic E-state index is -0.360. The van der Waals surface area contributed by atoms with Crippen LogP contribution in [0.4, 0.5) is 11.4 Å². The van der Waals surface area contributed by atoms with Crippen LogP contribution in [0.3, 0.4) is 0 Å². The first-order valence-corrected chi connectivity index (χ1v) is 9.05. The molecule has 5 nitrogen and oxygen atoms in total. The number of hydrogen-bond acceptors (Lipinski definition) is 4. The van der Waals surface area contributed by atoms with Crippen molar-refractivity contribution in [3.8, 4) is 11.5 Å². The topological polar surface area (TPSA) is 59.6 Å². The zero-order valence-electron chi connectivity index (χ0n) is 15.2. The van der Waals surface area contributed by atoms with Crippen molar-refractivity contribution in [2.45, 2.75) is 37.1 Å². The molecule has 1 heterocycles. The molecule has 0 aromatic heterocycles. The molecule has 1 fully saturated rings. The third-order valence-electron chi connectivity index (χ3n) is 5.69. The van der Waals surface area contributed by atoms with E-state index in [1.54, 1.807) is 14.2 Å². The minimum absolute atomic E-state index is 0.153. The zero-order chi connectivity index (χ0) is 18.1. The molecule has 0 radical (unpaired) electrons. The highest BCUT2D eigenvalue weighted by atomic mass is 16.5. The number of anilines is 2. The summed E-state index contributed by atoms with van der Waals surface area (Å²) in [4.78, 5) is 12.7. The largest absolute Gasteiger partial charge is 0.497 e. The van der Waals surface area contributed by atoms with Gasteiger partial charge in [0.05, 0.1) is 19.6 Å². The molecule has 1 aliphatic heterocycles. The Balaban J connectivity index is 1.49. The first-order valence-electron chi connectivity index (χ1n) is 9.05. The van der Waals surface area contributed by atoms with Gasteiger partial charge in [-0.15, -0.1) is 0 Å². The van der Waals surface area contributed by atoms with Crippen LogP contribution in [0, 0.1) is 0 Å². The number of rotatable bonds is 4. The van der Waals surface area contributed by atoms with Crippen LogP contribution in [0.1, 0.15) is 31.2 Å². The molecule has 26 heavy (non-hydrogen) atoms. The average molecular weight is 352 g/mol. The lowest BCUT2D eigenvalue weighted by Crippen LogP contribution is -2.41. The Kier molecular flexibility index (Phi) is 4.23. The summed E-state index contributed by atoms with van der Waals surface area (Å²) in [5.74, 6) is 1.69. The van der Waals surface area contributed by atoms with E-state index in [1.807, 2.05) is 36.4 Å². The second kappa shape index (κ2) is 6.56. The van der Waals surface area contributed by atoms with E-state index in [9.17, 15) is 4.79 Å². The zero-order valence-corrected chi connectivity index (χ0v) is 15.2. The maximum absolute atomic E-state index is 12.7. The first-order chi connectivity index (χ1) is 12.6. The molecule has 0 atom stereocenters. The van der Waals surface area contributed by atoms with Gasteiger partial charge < -0.3 is 20.1 Å². The first kappa shape index (κ1) is 16.8. The second-order valence-electron chi connectivity index (χ2n) is 7.10. The molecule has 5 heteroatoms. The maximum atomic E-state index is 12.7. The third-order valence-corrected chi connectivity index (χ3v) is 5.69. The van der Waals surface area contributed by atoms with Crippen molar-refractivity contribution in [3.05, 3.63) is 48.0 Å². The van der Waals surface area contributed by atoms with Crippen molar-refractivity contribution in [1.29, 1.82) is 0 Å². The van der Waals surface area contributed by atoms with Crippen LogP contribution in [0.5, 0.6) is 11.5 Å². The van der Waals surface area contributed by atoms with E-state index in [4.69, 9.17) is 9.47 Å². The molecule has 2 aliphatic rings.